The fourth-order valence-corrected chi connectivity index (χ4v) is 3.54. The third-order valence-corrected chi connectivity index (χ3v) is 4.84. The first-order chi connectivity index (χ1) is 14.6. The molecule has 0 spiro atoms. The van der Waals surface area contributed by atoms with E-state index in [9.17, 15) is 4.79 Å². The molecule has 0 saturated heterocycles. The monoisotopic (exact) mass is 421 g/mol. The van der Waals surface area contributed by atoms with Gasteiger partial charge in [-0.1, -0.05) is 30.3 Å². The molecule has 0 bridgehead atoms. The van der Waals surface area contributed by atoms with Crippen LogP contribution in [-0.2, 0) is 6.42 Å². The first kappa shape index (κ1) is 19.9. The molecule has 2 aromatic carbocycles. The van der Waals surface area contributed by atoms with E-state index in [2.05, 4.69) is 21.9 Å². The minimum absolute atomic E-state index is 0.191. The number of carbonyl (C=O) groups is 1. The van der Waals surface area contributed by atoms with Crippen LogP contribution in [0.1, 0.15) is 15.9 Å². The molecule has 1 aliphatic rings. The van der Waals surface area contributed by atoms with E-state index in [0.29, 0.717) is 47.5 Å². The molecular formula is C23H20ClN3O3. The number of aromatic nitrogens is 2. The molecule has 0 radical (unpaired) electrons. The van der Waals surface area contributed by atoms with Gasteiger partial charge in [0, 0.05) is 35.0 Å². The van der Waals surface area contributed by atoms with E-state index in [1.54, 1.807) is 54.9 Å². The summed E-state index contributed by atoms with van der Waals surface area (Å²) < 4.78 is 11.6. The van der Waals surface area contributed by atoms with E-state index in [1.165, 1.54) is 0 Å². The van der Waals surface area contributed by atoms with Gasteiger partial charge in [-0.05, 0) is 36.4 Å². The van der Waals surface area contributed by atoms with Gasteiger partial charge in [0.1, 0.15) is 24.2 Å². The second-order valence-corrected chi connectivity index (χ2v) is 7.23. The van der Waals surface area contributed by atoms with Gasteiger partial charge in [0.15, 0.2) is 5.82 Å². The Balaban J connectivity index is 1.43. The van der Waals surface area contributed by atoms with Crippen molar-refractivity contribution >= 4 is 17.5 Å². The van der Waals surface area contributed by atoms with Gasteiger partial charge in [-0.2, -0.15) is 0 Å². The average Bonchev–Trinajstić information content (AvgIpc) is 3.19. The number of fused-ring (bicyclic) bond motifs is 1. The Morgan fingerprint density at radius 1 is 1.27 bits per heavy atom. The summed E-state index contributed by atoms with van der Waals surface area (Å²) in [6.45, 7) is 4.36. The van der Waals surface area contributed by atoms with Gasteiger partial charge in [0.05, 0.1) is 12.1 Å². The summed E-state index contributed by atoms with van der Waals surface area (Å²) in [4.78, 5) is 21.2. The second kappa shape index (κ2) is 8.97. The Labute approximate surface area is 179 Å². The summed E-state index contributed by atoms with van der Waals surface area (Å²) in [6.07, 6.45) is 5.44. The first-order valence-electron chi connectivity index (χ1n) is 9.52. The van der Waals surface area contributed by atoms with Crippen LogP contribution in [0.25, 0.3) is 11.4 Å². The lowest BCUT2D eigenvalue weighted by Gasteiger charge is -2.13. The maximum atomic E-state index is 12.6. The number of amides is 1. The van der Waals surface area contributed by atoms with Crippen molar-refractivity contribution in [1.29, 1.82) is 0 Å². The van der Waals surface area contributed by atoms with Crippen molar-refractivity contribution in [1.82, 2.24) is 15.3 Å². The smallest absolute Gasteiger partial charge is 0.251 e. The number of nitrogens with zero attached hydrogens (tertiary/aromatic N) is 2. The highest BCUT2D eigenvalue weighted by molar-refractivity contribution is 6.31. The van der Waals surface area contributed by atoms with Crippen molar-refractivity contribution in [2.45, 2.75) is 12.5 Å². The number of benzene rings is 2. The Kier molecular flexibility index (Phi) is 5.95. The highest BCUT2D eigenvalue weighted by Gasteiger charge is 2.28. The van der Waals surface area contributed by atoms with Crippen molar-refractivity contribution < 1.29 is 14.3 Å². The van der Waals surface area contributed by atoms with Gasteiger partial charge < -0.3 is 14.8 Å². The molecule has 1 amide bonds. The molecule has 2 heterocycles. The fraction of sp³-hybridized carbons (Fsp3) is 0.174. The highest BCUT2D eigenvalue weighted by atomic mass is 35.5. The molecule has 0 aliphatic carbocycles. The standard InChI is InChI=1S/C23H20ClN3O3/c1-2-9-29-18-6-3-5-15(11-18)23(28)27-14-19-12-16-10-17(24)13-20(21(16)30-19)22-25-7-4-8-26-22/h2-8,10-11,13,19H,1,9,12,14H2,(H,27,28)/t19-/m0/s1. The summed E-state index contributed by atoms with van der Waals surface area (Å²) >= 11 is 6.29. The summed E-state index contributed by atoms with van der Waals surface area (Å²) in [5.41, 5.74) is 2.25. The molecule has 30 heavy (non-hydrogen) atoms. The molecule has 6 nitrogen and oxygen atoms in total. The van der Waals surface area contributed by atoms with Crippen LogP contribution in [0.5, 0.6) is 11.5 Å². The van der Waals surface area contributed by atoms with E-state index >= 15 is 0 Å². The molecule has 1 aliphatic heterocycles. The lowest BCUT2D eigenvalue weighted by atomic mass is 10.1. The van der Waals surface area contributed by atoms with Crippen LogP contribution >= 0.6 is 11.6 Å². The van der Waals surface area contributed by atoms with Gasteiger partial charge in [0.2, 0.25) is 0 Å². The number of ether oxygens (including phenoxy) is 2. The van der Waals surface area contributed by atoms with E-state index in [0.717, 1.165) is 11.1 Å². The van der Waals surface area contributed by atoms with Crippen LogP contribution in [-0.4, -0.2) is 35.1 Å². The van der Waals surface area contributed by atoms with E-state index in [4.69, 9.17) is 21.1 Å². The van der Waals surface area contributed by atoms with Crippen LogP contribution < -0.4 is 14.8 Å². The predicted octanol–water partition coefficient (Wildman–Crippen LogP) is 4.10. The molecule has 0 fully saturated rings. The normalized spacial score (nSPS) is 14.5. The number of halogens is 1. The molecule has 152 valence electrons. The lowest BCUT2D eigenvalue weighted by Crippen LogP contribution is -2.34. The number of rotatable bonds is 7. The third-order valence-electron chi connectivity index (χ3n) is 4.62. The third kappa shape index (κ3) is 4.44. The molecule has 4 rings (SSSR count). The maximum Gasteiger partial charge on any atom is 0.251 e. The molecule has 1 atom stereocenters. The zero-order chi connectivity index (χ0) is 20.9. The van der Waals surface area contributed by atoms with E-state index in [1.807, 2.05) is 6.07 Å². The van der Waals surface area contributed by atoms with Gasteiger partial charge in [-0.3, -0.25) is 4.79 Å². The SMILES string of the molecule is C=CCOc1cccc(C(=O)NC[C@@H]2Cc3cc(Cl)cc(-c4ncccn4)c3O2)c1. The van der Waals surface area contributed by atoms with Gasteiger partial charge in [-0.15, -0.1) is 0 Å². The molecule has 3 aromatic rings. The van der Waals surface area contributed by atoms with Crippen LogP contribution in [0.2, 0.25) is 5.02 Å². The largest absolute Gasteiger partial charge is 0.490 e. The van der Waals surface area contributed by atoms with Crippen molar-refractivity contribution in [3.05, 3.63) is 83.7 Å². The lowest BCUT2D eigenvalue weighted by molar-refractivity contribution is 0.0933. The van der Waals surface area contributed by atoms with Crippen LogP contribution in [0, 0.1) is 0 Å². The van der Waals surface area contributed by atoms with Crippen LogP contribution in [0.4, 0.5) is 0 Å². The Morgan fingerprint density at radius 2 is 2.10 bits per heavy atom. The van der Waals surface area contributed by atoms with E-state index in [-0.39, 0.29) is 12.0 Å². The summed E-state index contributed by atoms with van der Waals surface area (Å²) in [7, 11) is 0. The first-order valence-corrected chi connectivity index (χ1v) is 9.90. The molecular weight excluding hydrogens is 402 g/mol. The van der Waals surface area contributed by atoms with Crippen molar-refractivity contribution in [3.8, 4) is 22.9 Å². The summed E-state index contributed by atoms with van der Waals surface area (Å²) in [5, 5.41) is 3.53. The Bertz CT molecular complexity index is 1070. The van der Waals surface area contributed by atoms with Crippen LogP contribution in [0.15, 0.2) is 67.5 Å². The zero-order valence-corrected chi connectivity index (χ0v) is 16.9. The maximum absolute atomic E-state index is 12.6. The highest BCUT2D eigenvalue weighted by Crippen LogP contribution is 2.39. The number of carbonyl (C=O) groups excluding carboxylic acids is 1. The van der Waals surface area contributed by atoms with Crippen molar-refractivity contribution in [2.24, 2.45) is 0 Å². The predicted molar refractivity (Wildman–Crippen MR) is 115 cm³/mol. The Morgan fingerprint density at radius 3 is 2.90 bits per heavy atom. The quantitative estimate of drug-likeness (QED) is 0.581. The molecule has 1 N–H and O–H groups in total. The Hall–Kier alpha value is -3.38. The molecule has 7 heteroatoms. The topological polar surface area (TPSA) is 73.3 Å². The summed E-state index contributed by atoms with van der Waals surface area (Å²) in [6, 6.07) is 12.5. The van der Waals surface area contributed by atoms with Gasteiger partial charge >= 0.3 is 0 Å². The molecule has 0 unspecified atom stereocenters. The minimum Gasteiger partial charge on any atom is -0.490 e. The average molecular weight is 422 g/mol. The fourth-order valence-electron chi connectivity index (χ4n) is 3.30. The summed E-state index contributed by atoms with van der Waals surface area (Å²) in [5.74, 6) is 1.69. The zero-order valence-electron chi connectivity index (χ0n) is 16.2. The molecule has 0 saturated carbocycles. The van der Waals surface area contributed by atoms with Crippen LogP contribution in [0.3, 0.4) is 0 Å². The van der Waals surface area contributed by atoms with Gasteiger partial charge in [0.25, 0.3) is 5.91 Å². The van der Waals surface area contributed by atoms with Gasteiger partial charge in [-0.25, -0.2) is 9.97 Å². The van der Waals surface area contributed by atoms with Crippen molar-refractivity contribution in [3.63, 3.8) is 0 Å². The van der Waals surface area contributed by atoms with E-state index < -0.39 is 0 Å². The number of hydrogen-bond acceptors (Lipinski definition) is 5. The number of hydrogen-bond donors (Lipinski definition) is 1. The second-order valence-electron chi connectivity index (χ2n) is 6.80. The number of nitrogens with one attached hydrogen (secondary N) is 1. The molecule has 1 aromatic heterocycles. The minimum atomic E-state index is -0.204. The van der Waals surface area contributed by atoms with Crippen molar-refractivity contribution in [2.75, 3.05) is 13.2 Å².